The van der Waals surface area contributed by atoms with E-state index in [1.54, 1.807) is 29.1 Å². The van der Waals surface area contributed by atoms with Crippen LogP contribution in [0.5, 0.6) is 5.75 Å². The second kappa shape index (κ2) is 8.69. The van der Waals surface area contributed by atoms with Gasteiger partial charge in [-0.1, -0.05) is 42.5 Å². The second-order valence-corrected chi connectivity index (χ2v) is 10.6. The third-order valence-electron chi connectivity index (χ3n) is 6.17. The molecule has 0 amide bonds. The maximum atomic E-state index is 12.3. The van der Waals surface area contributed by atoms with Crippen LogP contribution in [0.3, 0.4) is 0 Å². The van der Waals surface area contributed by atoms with Crippen molar-refractivity contribution in [3.63, 3.8) is 0 Å². The lowest BCUT2D eigenvalue weighted by molar-refractivity contribution is 0.330. The number of fused-ring (bicyclic) bond motifs is 1. The Hall–Kier alpha value is -3.50. The van der Waals surface area contributed by atoms with Crippen molar-refractivity contribution in [1.29, 1.82) is 0 Å². The summed E-state index contributed by atoms with van der Waals surface area (Å²) in [4.78, 5) is 11.6. The lowest BCUT2D eigenvalue weighted by Gasteiger charge is -2.40. The molecule has 1 N–H and O–H groups in total. The van der Waals surface area contributed by atoms with Crippen molar-refractivity contribution in [3.8, 4) is 17.0 Å². The van der Waals surface area contributed by atoms with E-state index in [0.717, 1.165) is 16.5 Å². The fourth-order valence-electron chi connectivity index (χ4n) is 4.49. The maximum Gasteiger partial charge on any atom is 0.227 e. The first-order chi connectivity index (χ1) is 16.3. The molecule has 1 fully saturated rings. The first-order valence-corrected chi connectivity index (χ1v) is 12.9. The first-order valence-electron chi connectivity index (χ1n) is 11.0. The molecule has 1 saturated heterocycles. The molecule has 10 heteroatoms. The number of aromatic hydroxyl groups is 1. The molecule has 2 aromatic heterocycles. The fourth-order valence-corrected chi connectivity index (χ4v) is 5.34. The van der Waals surface area contributed by atoms with Gasteiger partial charge in [0.15, 0.2) is 5.65 Å². The number of nitrogens with zero attached hydrogens (tertiary/aromatic N) is 6. The molecule has 2 aromatic carbocycles. The minimum absolute atomic E-state index is 0.109. The minimum atomic E-state index is -3.30. The Morgan fingerprint density at radius 1 is 1.09 bits per heavy atom. The molecule has 9 nitrogen and oxygen atoms in total. The van der Waals surface area contributed by atoms with Gasteiger partial charge in [0.1, 0.15) is 11.4 Å². The maximum absolute atomic E-state index is 12.3. The molecule has 5 rings (SSSR count). The SMILES string of the molecule is Cn1nc(-c2cccc(O)c2)c2cnc(N3CCN(S(C)(=O)=O)C[C@H]3Cc3ccccc3)nc21. The Morgan fingerprint density at radius 2 is 1.88 bits per heavy atom. The van der Waals surface area contributed by atoms with Gasteiger partial charge in [-0.3, -0.25) is 0 Å². The molecule has 1 atom stereocenters. The van der Waals surface area contributed by atoms with Crippen LogP contribution in [0, 0.1) is 0 Å². The average Bonchev–Trinajstić information content (AvgIpc) is 3.15. The van der Waals surface area contributed by atoms with Crippen molar-refractivity contribution in [2.24, 2.45) is 7.05 Å². The highest BCUT2D eigenvalue weighted by Gasteiger charge is 2.33. The Balaban J connectivity index is 1.52. The third-order valence-corrected chi connectivity index (χ3v) is 7.44. The zero-order valence-electron chi connectivity index (χ0n) is 19.0. The molecule has 3 heterocycles. The third kappa shape index (κ3) is 4.34. The molecule has 1 aliphatic heterocycles. The number of aromatic nitrogens is 4. The van der Waals surface area contributed by atoms with Crippen molar-refractivity contribution >= 4 is 27.0 Å². The van der Waals surface area contributed by atoms with Gasteiger partial charge in [-0.2, -0.15) is 14.4 Å². The van der Waals surface area contributed by atoms with E-state index < -0.39 is 10.0 Å². The normalized spacial score (nSPS) is 17.4. The van der Waals surface area contributed by atoms with Crippen molar-refractivity contribution in [1.82, 2.24) is 24.1 Å². The summed E-state index contributed by atoms with van der Waals surface area (Å²) >= 11 is 0. The number of anilines is 1. The number of sulfonamides is 1. The predicted molar refractivity (Wildman–Crippen MR) is 131 cm³/mol. The second-order valence-electron chi connectivity index (χ2n) is 8.59. The number of benzene rings is 2. The summed E-state index contributed by atoms with van der Waals surface area (Å²) in [5.74, 6) is 0.716. The van der Waals surface area contributed by atoms with Gasteiger partial charge >= 0.3 is 0 Å². The molecule has 4 aromatic rings. The van der Waals surface area contributed by atoms with Crippen LogP contribution < -0.4 is 4.90 Å². The molecular weight excluding hydrogens is 452 g/mol. The van der Waals surface area contributed by atoms with Crippen molar-refractivity contribution in [2.45, 2.75) is 12.5 Å². The molecule has 0 aliphatic carbocycles. The Labute approximate surface area is 198 Å². The summed E-state index contributed by atoms with van der Waals surface area (Å²) in [6, 6.07) is 16.9. The van der Waals surface area contributed by atoms with Crippen molar-refractivity contribution < 1.29 is 13.5 Å². The predicted octanol–water partition coefficient (Wildman–Crippen LogP) is 2.43. The van der Waals surface area contributed by atoms with Crippen molar-refractivity contribution in [2.75, 3.05) is 30.8 Å². The molecule has 1 aliphatic rings. The number of hydrogen-bond donors (Lipinski definition) is 1. The number of rotatable bonds is 5. The van der Waals surface area contributed by atoms with Crippen LogP contribution >= 0.6 is 0 Å². The van der Waals surface area contributed by atoms with Gasteiger partial charge in [-0.25, -0.2) is 18.1 Å². The lowest BCUT2D eigenvalue weighted by Crippen LogP contribution is -2.56. The van der Waals surface area contributed by atoms with E-state index in [0.29, 0.717) is 43.3 Å². The molecule has 0 spiro atoms. The number of phenolic OH excluding ortho intramolecular Hbond substituents is 1. The van der Waals surface area contributed by atoms with E-state index in [1.807, 2.05) is 43.4 Å². The van der Waals surface area contributed by atoms with Crippen LogP contribution in [0.25, 0.3) is 22.3 Å². The van der Waals surface area contributed by atoms with Gasteiger partial charge in [0.25, 0.3) is 0 Å². The quantitative estimate of drug-likeness (QED) is 0.470. The van der Waals surface area contributed by atoms with Crippen LogP contribution in [0.2, 0.25) is 0 Å². The largest absolute Gasteiger partial charge is 0.508 e. The summed E-state index contributed by atoms with van der Waals surface area (Å²) in [6.45, 7) is 1.24. The van der Waals surface area contributed by atoms with Crippen LogP contribution in [0.1, 0.15) is 5.56 Å². The van der Waals surface area contributed by atoms with E-state index in [1.165, 1.54) is 10.6 Å². The molecular formula is C24H26N6O3S. The summed E-state index contributed by atoms with van der Waals surface area (Å²) in [5.41, 5.74) is 3.28. The average molecular weight is 479 g/mol. The van der Waals surface area contributed by atoms with E-state index in [-0.39, 0.29) is 11.8 Å². The van der Waals surface area contributed by atoms with Gasteiger partial charge in [-0.15, -0.1) is 0 Å². The standard InChI is InChI=1S/C24H26N6O3S/c1-28-23-21(22(27-28)18-9-6-10-20(31)14-18)15-25-24(26-23)30-12-11-29(34(2,32)33)16-19(30)13-17-7-4-3-5-8-17/h3-10,14-15,19,31H,11-13,16H2,1-2H3/t19-/m1/s1. The molecule has 0 saturated carbocycles. The number of hydrogen-bond acceptors (Lipinski definition) is 7. The van der Waals surface area contributed by atoms with Gasteiger partial charge < -0.3 is 10.0 Å². The number of aryl methyl sites for hydroxylation is 1. The number of piperazine rings is 1. The molecule has 0 radical (unpaired) electrons. The van der Waals surface area contributed by atoms with Gasteiger partial charge in [0.2, 0.25) is 16.0 Å². The van der Waals surface area contributed by atoms with Crippen LogP contribution in [-0.2, 0) is 23.5 Å². The molecule has 0 bridgehead atoms. The zero-order valence-corrected chi connectivity index (χ0v) is 19.9. The topological polar surface area (TPSA) is 104 Å². The molecule has 0 unspecified atom stereocenters. The summed E-state index contributed by atoms with van der Waals surface area (Å²) in [7, 11) is -1.47. The van der Waals surface area contributed by atoms with E-state index >= 15 is 0 Å². The number of phenols is 1. The van der Waals surface area contributed by atoms with E-state index in [2.05, 4.69) is 15.0 Å². The van der Waals surface area contributed by atoms with Crippen LogP contribution in [0.4, 0.5) is 5.95 Å². The Morgan fingerprint density at radius 3 is 2.62 bits per heavy atom. The van der Waals surface area contributed by atoms with Crippen LogP contribution in [0.15, 0.2) is 60.8 Å². The highest BCUT2D eigenvalue weighted by molar-refractivity contribution is 7.88. The van der Waals surface area contributed by atoms with E-state index in [4.69, 9.17) is 4.98 Å². The summed E-state index contributed by atoms with van der Waals surface area (Å²) in [6.07, 6.45) is 3.68. The Bertz CT molecular complexity index is 1440. The first kappa shape index (κ1) is 22.3. The molecule has 34 heavy (non-hydrogen) atoms. The van der Waals surface area contributed by atoms with E-state index in [9.17, 15) is 13.5 Å². The zero-order chi connectivity index (χ0) is 23.9. The summed E-state index contributed by atoms with van der Waals surface area (Å²) in [5, 5.41) is 15.3. The Kier molecular flexibility index (Phi) is 5.70. The van der Waals surface area contributed by atoms with Crippen LogP contribution in [-0.4, -0.2) is 69.5 Å². The smallest absolute Gasteiger partial charge is 0.227 e. The highest BCUT2D eigenvalue weighted by Crippen LogP contribution is 2.30. The summed E-state index contributed by atoms with van der Waals surface area (Å²) < 4.78 is 27.7. The van der Waals surface area contributed by atoms with Gasteiger partial charge in [0, 0.05) is 44.5 Å². The highest BCUT2D eigenvalue weighted by atomic mass is 32.2. The minimum Gasteiger partial charge on any atom is -0.508 e. The fraction of sp³-hybridized carbons (Fsp3) is 0.292. The monoisotopic (exact) mass is 478 g/mol. The van der Waals surface area contributed by atoms with Gasteiger partial charge in [-0.05, 0) is 24.1 Å². The van der Waals surface area contributed by atoms with Gasteiger partial charge in [0.05, 0.1) is 11.6 Å². The lowest BCUT2D eigenvalue weighted by atomic mass is 10.0. The van der Waals surface area contributed by atoms with Crippen molar-refractivity contribution in [3.05, 3.63) is 66.4 Å². The molecule has 176 valence electrons.